The Morgan fingerprint density at radius 2 is 2.05 bits per heavy atom. The lowest BCUT2D eigenvalue weighted by Gasteiger charge is -2.07. The quantitative estimate of drug-likeness (QED) is 0.847. The lowest BCUT2D eigenvalue weighted by Crippen LogP contribution is -2.15. The van der Waals surface area contributed by atoms with Crippen LogP contribution in [0.1, 0.15) is 5.56 Å². The molecule has 5 heteroatoms. The summed E-state index contributed by atoms with van der Waals surface area (Å²) in [5, 5.41) is 3.05. The standard InChI is InChI=1S/C14H12ClFN2O/c15-10-3-1-2-9(6-10)7-14(19)18-13-5-4-11(17)8-12(13)16/h1-6,8H,7,17H2,(H,18,19). The number of rotatable bonds is 3. The molecular formula is C14H12ClFN2O. The predicted octanol–water partition coefficient (Wildman–Crippen LogP) is 3.24. The molecule has 0 saturated heterocycles. The van der Waals surface area contributed by atoms with E-state index in [2.05, 4.69) is 5.32 Å². The second-order valence-electron chi connectivity index (χ2n) is 4.09. The topological polar surface area (TPSA) is 55.1 Å². The van der Waals surface area contributed by atoms with Crippen LogP contribution in [-0.4, -0.2) is 5.91 Å². The Bertz CT molecular complexity index is 616. The summed E-state index contributed by atoms with van der Waals surface area (Å²) in [6, 6.07) is 11.1. The van der Waals surface area contributed by atoms with Gasteiger partial charge in [-0.1, -0.05) is 23.7 Å². The largest absolute Gasteiger partial charge is 0.399 e. The molecule has 0 spiro atoms. The number of carbonyl (C=O) groups is 1. The van der Waals surface area contributed by atoms with Gasteiger partial charge in [0.1, 0.15) is 5.82 Å². The first-order valence-corrected chi connectivity index (χ1v) is 6.02. The van der Waals surface area contributed by atoms with E-state index in [-0.39, 0.29) is 18.0 Å². The van der Waals surface area contributed by atoms with Crippen LogP contribution >= 0.6 is 11.6 Å². The Balaban J connectivity index is 2.05. The predicted molar refractivity (Wildman–Crippen MR) is 74.6 cm³/mol. The molecule has 0 aromatic heterocycles. The Morgan fingerprint density at radius 1 is 1.26 bits per heavy atom. The van der Waals surface area contributed by atoms with Crippen molar-refractivity contribution in [1.29, 1.82) is 0 Å². The number of hydrogen-bond donors (Lipinski definition) is 2. The van der Waals surface area contributed by atoms with Gasteiger partial charge in [0.15, 0.2) is 0 Å². The van der Waals surface area contributed by atoms with Crippen molar-refractivity contribution >= 4 is 28.9 Å². The number of nitrogen functional groups attached to an aromatic ring is 1. The van der Waals surface area contributed by atoms with E-state index in [9.17, 15) is 9.18 Å². The smallest absolute Gasteiger partial charge is 0.228 e. The molecule has 0 fully saturated rings. The molecule has 1 amide bonds. The Hall–Kier alpha value is -2.07. The average Bonchev–Trinajstić information content (AvgIpc) is 2.33. The highest BCUT2D eigenvalue weighted by Crippen LogP contribution is 2.17. The maximum Gasteiger partial charge on any atom is 0.228 e. The molecule has 3 N–H and O–H groups in total. The SMILES string of the molecule is Nc1ccc(NC(=O)Cc2cccc(Cl)c2)c(F)c1. The van der Waals surface area contributed by atoms with E-state index < -0.39 is 5.82 Å². The van der Waals surface area contributed by atoms with E-state index in [0.29, 0.717) is 10.7 Å². The van der Waals surface area contributed by atoms with Crippen molar-refractivity contribution in [3.8, 4) is 0 Å². The number of benzene rings is 2. The van der Waals surface area contributed by atoms with Crippen LogP contribution in [0.5, 0.6) is 0 Å². The van der Waals surface area contributed by atoms with Crippen LogP contribution in [0, 0.1) is 5.82 Å². The minimum absolute atomic E-state index is 0.112. The van der Waals surface area contributed by atoms with Crippen LogP contribution in [-0.2, 0) is 11.2 Å². The van der Waals surface area contributed by atoms with Gasteiger partial charge in [-0.15, -0.1) is 0 Å². The third kappa shape index (κ3) is 3.69. The fourth-order valence-electron chi connectivity index (χ4n) is 1.66. The van der Waals surface area contributed by atoms with Crippen LogP contribution in [0.4, 0.5) is 15.8 Å². The second kappa shape index (κ2) is 5.71. The van der Waals surface area contributed by atoms with Gasteiger partial charge in [-0.05, 0) is 35.9 Å². The van der Waals surface area contributed by atoms with Gasteiger partial charge < -0.3 is 11.1 Å². The zero-order chi connectivity index (χ0) is 13.8. The summed E-state index contributed by atoms with van der Waals surface area (Å²) in [4.78, 5) is 11.8. The Kier molecular flexibility index (Phi) is 4.02. The maximum absolute atomic E-state index is 13.5. The summed E-state index contributed by atoms with van der Waals surface area (Å²) in [5.41, 5.74) is 6.62. The summed E-state index contributed by atoms with van der Waals surface area (Å²) in [5.74, 6) is -0.870. The van der Waals surface area contributed by atoms with E-state index in [4.69, 9.17) is 17.3 Å². The lowest BCUT2D eigenvalue weighted by atomic mass is 10.1. The van der Waals surface area contributed by atoms with E-state index in [1.165, 1.54) is 12.1 Å². The summed E-state index contributed by atoms with van der Waals surface area (Å²) in [7, 11) is 0. The number of hydrogen-bond acceptors (Lipinski definition) is 2. The van der Waals surface area contributed by atoms with Gasteiger partial charge in [0.05, 0.1) is 12.1 Å². The zero-order valence-electron chi connectivity index (χ0n) is 9.99. The number of nitrogens with two attached hydrogens (primary N) is 1. The molecule has 2 aromatic rings. The molecule has 0 radical (unpaired) electrons. The number of nitrogens with one attached hydrogen (secondary N) is 1. The van der Waals surface area contributed by atoms with Crippen molar-refractivity contribution in [2.45, 2.75) is 6.42 Å². The van der Waals surface area contributed by atoms with Gasteiger partial charge in [0.2, 0.25) is 5.91 Å². The van der Waals surface area contributed by atoms with Crippen LogP contribution in [0.2, 0.25) is 5.02 Å². The molecule has 0 saturated carbocycles. The van der Waals surface area contributed by atoms with Gasteiger partial charge >= 0.3 is 0 Å². The van der Waals surface area contributed by atoms with E-state index in [0.717, 1.165) is 11.6 Å². The highest BCUT2D eigenvalue weighted by atomic mass is 35.5. The molecule has 3 nitrogen and oxygen atoms in total. The van der Waals surface area contributed by atoms with Crippen molar-refractivity contribution in [3.05, 3.63) is 58.9 Å². The Labute approximate surface area is 115 Å². The van der Waals surface area contributed by atoms with Crippen molar-refractivity contribution in [2.24, 2.45) is 0 Å². The highest BCUT2D eigenvalue weighted by molar-refractivity contribution is 6.30. The molecular weight excluding hydrogens is 267 g/mol. The van der Waals surface area contributed by atoms with Crippen molar-refractivity contribution in [2.75, 3.05) is 11.1 Å². The first kappa shape index (κ1) is 13.4. The molecule has 0 aliphatic rings. The first-order valence-electron chi connectivity index (χ1n) is 5.64. The molecule has 2 rings (SSSR count). The van der Waals surface area contributed by atoms with Gasteiger partial charge in [0, 0.05) is 10.7 Å². The third-order valence-corrected chi connectivity index (χ3v) is 2.76. The summed E-state index contributed by atoms with van der Waals surface area (Å²) in [6.45, 7) is 0. The molecule has 0 aliphatic carbocycles. The minimum atomic E-state index is -0.556. The van der Waals surface area contributed by atoms with Gasteiger partial charge in [0.25, 0.3) is 0 Å². The van der Waals surface area contributed by atoms with Gasteiger partial charge in [-0.25, -0.2) is 4.39 Å². The number of amides is 1. The normalized spacial score (nSPS) is 10.2. The molecule has 0 heterocycles. The second-order valence-corrected chi connectivity index (χ2v) is 4.53. The molecule has 19 heavy (non-hydrogen) atoms. The van der Waals surface area contributed by atoms with Crippen LogP contribution in [0.15, 0.2) is 42.5 Å². The van der Waals surface area contributed by atoms with Crippen molar-refractivity contribution < 1.29 is 9.18 Å². The number of halogens is 2. The third-order valence-electron chi connectivity index (χ3n) is 2.52. The van der Waals surface area contributed by atoms with Crippen molar-refractivity contribution in [3.63, 3.8) is 0 Å². The number of anilines is 2. The zero-order valence-corrected chi connectivity index (χ0v) is 10.7. The van der Waals surface area contributed by atoms with Gasteiger partial charge in [-0.2, -0.15) is 0 Å². The highest BCUT2D eigenvalue weighted by Gasteiger charge is 2.08. The molecule has 0 unspecified atom stereocenters. The molecule has 0 atom stereocenters. The molecule has 98 valence electrons. The average molecular weight is 279 g/mol. The van der Waals surface area contributed by atoms with E-state index >= 15 is 0 Å². The summed E-state index contributed by atoms with van der Waals surface area (Å²) in [6.07, 6.45) is 0.129. The number of carbonyl (C=O) groups excluding carboxylic acids is 1. The van der Waals surface area contributed by atoms with E-state index in [1.54, 1.807) is 24.3 Å². The molecule has 0 aliphatic heterocycles. The van der Waals surface area contributed by atoms with Gasteiger partial charge in [-0.3, -0.25) is 4.79 Å². The summed E-state index contributed by atoms with van der Waals surface area (Å²) >= 11 is 5.83. The fraction of sp³-hybridized carbons (Fsp3) is 0.0714. The first-order chi connectivity index (χ1) is 9.04. The fourth-order valence-corrected chi connectivity index (χ4v) is 1.87. The van der Waals surface area contributed by atoms with Crippen LogP contribution in [0.25, 0.3) is 0 Å². The Morgan fingerprint density at radius 3 is 2.74 bits per heavy atom. The van der Waals surface area contributed by atoms with Crippen LogP contribution in [0.3, 0.4) is 0 Å². The lowest BCUT2D eigenvalue weighted by molar-refractivity contribution is -0.115. The van der Waals surface area contributed by atoms with E-state index in [1.807, 2.05) is 0 Å². The maximum atomic E-state index is 13.5. The van der Waals surface area contributed by atoms with Crippen LogP contribution < -0.4 is 11.1 Å². The molecule has 0 bridgehead atoms. The van der Waals surface area contributed by atoms with Crippen molar-refractivity contribution in [1.82, 2.24) is 0 Å². The molecule has 2 aromatic carbocycles. The minimum Gasteiger partial charge on any atom is -0.399 e. The monoisotopic (exact) mass is 278 g/mol. The summed E-state index contributed by atoms with van der Waals surface area (Å²) < 4.78 is 13.5.